The van der Waals surface area contributed by atoms with Gasteiger partial charge in [-0.25, -0.2) is 4.98 Å². The molecule has 6 nitrogen and oxygen atoms in total. The predicted octanol–water partition coefficient (Wildman–Crippen LogP) is 2.18. The molecule has 0 bridgehead atoms. The number of anilines is 1. The molecule has 1 aliphatic heterocycles. The molecule has 1 N–H and O–H groups in total. The van der Waals surface area contributed by atoms with Gasteiger partial charge in [0.05, 0.1) is 6.54 Å². The van der Waals surface area contributed by atoms with E-state index in [4.69, 9.17) is 0 Å². The largest absolute Gasteiger partial charge is 0.307 e. The van der Waals surface area contributed by atoms with Gasteiger partial charge in [0, 0.05) is 50.0 Å². The number of carbonyl (C=O) groups excluding carboxylic acids is 1. The third-order valence-electron chi connectivity index (χ3n) is 4.81. The van der Waals surface area contributed by atoms with Gasteiger partial charge in [-0.1, -0.05) is 18.2 Å². The fourth-order valence-electron chi connectivity index (χ4n) is 3.48. The van der Waals surface area contributed by atoms with Crippen LogP contribution >= 0.6 is 0 Å². The number of amides is 1. The Bertz CT molecular complexity index is 861. The van der Waals surface area contributed by atoms with Crippen LogP contribution in [0.2, 0.25) is 0 Å². The number of pyridine rings is 3. The summed E-state index contributed by atoms with van der Waals surface area (Å²) in [6, 6.07) is 12.0. The van der Waals surface area contributed by atoms with Gasteiger partial charge in [0.25, 0.3) is 0 Å². The van der Waals surface area contributed by atoms with Crippen LogP contribution in [0.5, 0.6) is 0 Å². The van der Waals surface area contributed by atoms with Gasteiger partial charge in [-0.05, 0) is 41.3 Å². The van der Waals surface area contributed by atoms with Crippen molar-refractivity contribution in [1.29, 1.82) is 0 Å². The average Bonchev–Trinajstić information content (AvgIpc) is 2.74. The molecule has 1 saturated heterocycles. The van der Waals surface area contributed by atoms with Crippen LogP contribution in [0.15, 0.2) is 67.4 Å². The molecule has 0 saturated carbocycles. The maximum Gasteiger partial charge on any atom is 0.242 e. The minimum absolute atomic E-state index is 0.0560. The van der Waals surface area contributed by atoms with Crippen LogP contribution in [0.4, 0.5) is 5.82 Å². The summed E-state index contributed by atoms with van der Waals surface area (Å²) in [5, 5.41) is 3.11. The lowest BCUT2D eigenvalue weighted by Crippen LogP contribution is -2.48. The van der Waals surface area contributed by atoms with E-state index in [0.29, 0.717) is 13.1 Å². The topological polar surface area (TPSA) is 71.0 Å². The summed E-state index contributed by atoms with van der Waals surface area (Å²) in [6.45, 7) is 1.76. The molecular weight excluding hydrogens is 338 g/mol. The van der Waals surface area contributed by atoms with E-state index < -0.39 is 0 Å². The van der Waals surface area contributed by atoms with Crippen molar-refractivity contribution in [2.45, 2.75) is 12.3 Å². The summed E-state index contributed by atoms with van der Waals surface area (Å²) in [5.74, 6) is 0.899. The smallest absolute Gasteiger partial charge is 0.242 e. The van der Waals surface area contributed by atoms with E-state index in [1.54, 1.807) is 23.5 Å². The SMILES string of the molecule is O=C1CNCCN1c1ncccc1CC(c1cccnc1)c1cccnc1. The predicted molar refractivity (Wildman–Crippen MR) is 103 cm³/mol. The molecule has 0 aromatic carbocycles. The molecule has 6 heteroatoms. The van der Waals surface area contributed by atoms with Crippen molar-refractivity contribution in [2.75, 3.05) is 24.5 Å². The molecule has 1 amide bonds. The van der Waals surface area contributed by atoms with E-state index in [-0.39, 0.29) is 11.8 Å². The van der Waals surface area contributed by atoms with E-state index in [1.165, 1.54) is 0 Å². The number of piperazine rings is 1. The van der Waals surface area contributed by atoms with Crippen molar-refractivity contribution in [3.8, 4) is 0 Å². The second kappa shape index (κ2) is 8.05. The molecule has 1 fully saturated rings. The van der Waals surface area contributed by atoms with Crippen LogP contribution < -0.4 is 10.2 Å². The second-order valence-corrected chi connectivity index (χ2v) is 6.54. The van der Waals surface area contributed by atoms with Gasteiger partial charge in [0.1, 0.15) is 5.82 Å². The molecule has 0 radical (unpaired) electrons. The Morgan fingerprint density at radius 3 is 2.33 bits per heavy atom. The number of hydrogen-bond acceptors (Lipinski definition) is 5. The number of nitrogens with zero attached hydrogens (tertiary/aromatic N) is 4. The lowest BCUT2D eigenvalue weighted by Gasteiger charge is -2.29. The number of hydrogen-bond donors (Lipinski definition) is 1. The van der Waals surface area contributed by atoms with E-state index >= 15 is 0 Å². The third kappa shape index (κ3) is 3.85. The molecule has 0 unspecified atom stereocenters. The van der Waals surface area contributed by atoms with E-state index in [1.807, 2.05) is 30.6 Å². The minimum atomic E-state index is 0.0560. The van der Waals surface area contributed by atoms with Gasteiger partial charge >= 0.3 is 0 Å². The molecule has 3 aromatic heterocycles. The molecule has 4 heterocycles. The van der Waals surface area contributed by atoms with E-state index in [0.717, 1.165) is 35.5 Å². The molecule has 0 atom stereocenters. The zero-order chi connectivity index (χ0) is 18.5. The Morgan fingerprint density at radius 1 is 1.00 bits per heavy atom. The van der Waals surface area contributed by atoms with Crippen molar-refractivity contribution < 1.29 is 4.79 Å². The van der Waals surface area contributed by atoms with Gasteiger partial charge in [-0.2, -0.15) is 0 Å². The first-order valence-corrected chi connectivity index (χ1v) is 9.08. The zero-order valence-electron chi connectivity index (χ0n) is 15.0. The average molecular weight is 359 g/mol. The van der Waals surface area contributed by atoms with Crippen molar-refractivity contribution in [3.05, 3.63) is 84.1 Å². The molecule has 3 aromatic rings. The lowest BCUT2D eigenvalue weighted by molar-refractivity contribution is -0.118. The van der Waals surface area contributed by atoms with E-state index in [9.17, 15) is 4.79 Å². The zero-order valence-corrected chi connectivity index (χ0v) is 15.0. The highest BCUT2D eigenvalue weighted by molar-refractivity contribution is 5.95. The van der Waals surface area contributed by atoms with Gasteiger partial charge in [0.2, 0.25) is 5.91 Å². The van der Waals surface area contributed by atoms with Gasteiger partial charge in [-0.15, -0.1) is 0 Å². The maximum absolute atomic E-state index is 12.4. The molecule has 0 aliphatic carbocycles. The first-order valence-electron chi connectivity index (χ1n) is 9.08. The normalized spacial score (nSPS) is 14.6. The van der Waals surface area contributed by atoms with Crippen molar-refractivity contribution in [3.63, 3.8) is 0 Å². The fourth-order valence-corrected chi connectivity index (χ4v) is 3.48. The summed E-state index contributed by atoms with van der Waals surface area (Å²) < 4.78 is 0. The lowest BCUT2D eigenvalue weighted by atomic mass is 9.87. The maximum atomic E-state index is 12.4. The summed E-state index contributed by atoms with van der Waals surface area (Å²) in [6.07, 6.45) is 9.81. The fraction of sp³-hybridized carbons (Fsp3) is 0.238. The quantitative estimate of drug-likeness (QED) is 0.756. The standard InChI is InChI=1S/C21H21N5O/c27-20-15-24-10-11-26(20)21-16(4-3-9-25-21)12-19(17-5-1-7-22-13-17)18-6-2-8-23-14-18/h1-9,13-14,19,24H,10-12,15H2. The molecule has 0 spiro atoms. The molecule has 136 valence electrons. The summed E-state index contributed by atoms with van der Waals surface area (Å²) >= 11 is 0. The van der Waals surface area contributed by atoms with Crippen LogP contribution in [0.25, 0.3) is 0 Å². The molecule has 1 aliphatic rings. The van der Waals surface area contributed by atoms with Crippen LogP contribution in [0.3, 0.4) is 0 Å². The summed E-state index contributed by atoms with van der Waals surface area (Å²) in [5.41, 5.74) is 3.28. The summed E-state index contributed by atoms with van der Waals surface area (Å²) in [4.78, 5) is 27.3. The summed E-state index contributed by atoms with van der Waals surface area (Å²) in [7, 11) is 0. The van der Waals surface area contributed by atoms with Gasteiger partial charge in [-0.3, -0.25) is 19.7 Å². The van der Waals surface area contributed by atoms with Crippen LogP contribution in [-0.2, 0) is 11.2 Å². The van der Waals surface area contributed by atoms with Crippen LogP contribution in [0.1, 0.15) is 22.6 Å². The van der Waals surface area contributed by atoms with Crippen molar-refractivity contribution >= 4 is 11.7 Å². The second-order valence-electron chi connectivity index (χ2n) is 6.54. The highest BCUT2D eigenvalue weighted by Crippen LogP contribution is 2.31. The highest BCUT2D eigenvalue weighted by Gasteiger charge is 2.25. The molecule has 4 rings (SSSR count). The van der Waals surface area contributed by atoms with Crippen LogP contribution in [0, 0.1) is 0 Å². The number of nitrogens with one attached hydrogen (secondary N) is 1. The Balaban J connectivity index is 1.71. The first kappa shape index (κ1) is 17.3. The van der Waals surface area contributed by atoms with Gasteiger partial charge < -0.3 is 5.32 Å². The Kier molecular flexibility index (Phi) is 5.16. The minimum Gasteiger partial charge on any atom is -0.307 e. The molecule has 27 heavy (non-hydrogen) atoms. The Morgan fingerprint density at radius 2 is 1.70 bits per heavy atom. The number of aromatic nitrogens is 3. The van der Waals surface area contributed by atoms with Crippen LogP contribution in [-0.4, -0.2) is 40.5 Å². The highest BCUT2D eigenvalue weighted by atomic mass is 16.2. The Hall–Kier alpha value is -3.12. The van der Waals surface area contributed by atoms with Crippen molar-refractivity contribution in [1.82, 2.24) is 20.3 Å². The molecular formula is C21H21N5O. The Labute approximate surface area is 158 Å². The monoisotopic (exact) mass is 359 g/mol. The van der Waals surface area contributed by atoms with E-state index in [2.05, 4.69) is 38.5 Å². The van der Waals surface area contributed by atoms with Gasteiger partial charge in [0.15, 0.2) is 0 Å². The first-order chi connectivity index (χ1) is 13.3. The van der Waals surface area contributed by atoms with Crippen molar-refractivity contribution in [2.24, 2.45) is 0 Å². The number of carbonyl (C=O) groups is 1. The third-order valence-corrected chi connectivity index (χ3v) is 4.81. The number of rotatable bonds is 5.